The van der Waals surface area contributed by atoms with Crippen LogP contribution >= 0.6 is 22.6 Å². The van der Waals surface area contributed by atoms with Crippen LogP contribution in [-0.2, 0) is 0 Å². The van der Waals surface area contributed by atoms with Gasteiger partial charge in [-0.3, -0.25) is 0 Å². The number of aliphatic hydroxyl groups is 1. The molecule has 0 saturated heterocycles. The van der Waals surface area contributed by atoms with E-state index in [0.717, 1.165) is 12.1 Å². The van der Waals surface area contributed by atoms with Gasteiger partial charge in [-0.25, -0.2) is 4.39 Å². The molecule has 1 N–H and O–H groups in total. The summed E-state index contributed by atoms with van der Waals surface area (Å²) in [7, 11) is 0. The number of halogens is 10. The summed E-state index contributed by atoms with van der Waals surface area (Å²) in [5, 5.41) is 9.64. The van der Waals surface area contributed by atoms with E-state index in [1.54, 1.807) is 22.6 Å². The number of benzene rings is 1. The minimum Gasteiger partial charge on any atom is -0.388 e. The lowest BCUT2D eigenvalue weighted by Crippen LogP contribution is -2.55. The van der Waals surface area contributed by atoms with Crippen molar-refractivity contribution >= 4 is 22.6 Å². The SMILES string of the molecule is OC(CC1(F)C(F)(F)C(F)(F)C(F)(F)C1(F)F)c1ccc(I)cc1. The first-order valence-electron chi connectivity index (χ1n) is 6.27. The zero-order valence-corrected chi connectivity index (χ0v) is 13.5. The molecule has 0 heterocycles. The second kappa shape index (κ2) is 5.39. The van der Waals surface area contributed by atoms with Gasteiger partial charge in [0, 0.05) is 9.99 Å². The molecule has 136 valence electrons. The van der Waals surface area contributed by atoms with Crippen molar-refractivity contribution < 1.29 is 44.6 Å². The van der Waals surface area contributed by atoms with Crippen LogP contribution in [0.1, 0.15) is 18.1 Å². The van der Waals surface area contributed by atoms with Gasteiger partial charge >= 0.3 is 23.7 Å². The summed E-state index contributed by atoms with van der Waals surface area (Å²) < 4.78 is 121. The molecule has 0 amide bonds. The highest BCUT2D eigenvalue weighted by atomic mass is 127. The predicted molar refractivity (Wildman–Crippen MR) is 72.4 cm³/mol. The molecule has 0 bridgehead atoms. The average molecular weight is 478 g/mol. The minimum atomic E-state index is -6.62. The van der Waals surface area contributed by atoms with Gasteiger partial charge in [-0.2, -0.15) is 35.1 Å². The fraction of sp³-hybridized carbons (Fsp3) is 0.538. The van der Waals surface area contributed by atoms with Gasteiger partial charge in [0.1, 0.15) is 0 Å². The van der Waals surface area contributed by atoms with Crippen LogP contribution in [0, 0.1) is 3.57 Å². The molecule has 1 saturated carbocycles. The zero-order valence-electron chi connectivity index (χ0n) is 11.3. The maximum absolute atomic E-state index is 14.3. The molecule has 1 aliphatic rings. The molecule has 1 nitrogen and oxygen atoms in total. The molecule has 1 fully saturated rings. The molecule has 24 heavy (non-hydrogen) atoms. The molecule has 1 unspecified atom stereocenters. The van der Waals surface area contributed by atoms with Crippen LogP contribution in [0.15, 0.2) is 24.3 Å². The largest absolute Gasteiger partial charge is 0.388 e. The van der Waals surface area contributed by atoms with Crippen molar-refractivity contribution in [3.63, 3.8) is 0 Å². The van der Waals surface area contributed by atoms with Crippen LogP contribution in [0.25, 0.3) is 0 Å². The van der Waals surface area contributed by atoms with E-state index in [4.69, 9.17) is 0 Å². The normalized spacial score (nSPS) is 27.0. The van der Waals surface area contributed by atoms with E-state index in [0.29, 0.717) is 3.57 Å². The fourth-order valence-corrected chi connectivity index (χ4v) is 2.77. The molecule has 1 aliphatic carbocycles. The molecule has 1 aromatic carbocycles. The Labute approximate surface area is 143 Å². The summed E-state index contributed by atoms with van der Waals surface area (Å²) in [6.45, 7) is 0. The minimum absolute atomic E-state index is 0.363. The van der Waals surface area contributed by atoms with E-state index in [-0.39, 0.29) is 5.56 Å². The zero-order chi connectivity index (χ0) is 18.8. The quantitative estimate of drug-likeness (QED) is 0.481. The van der Waals surface area contributed by atoms with Crippen molar-refractivity contribution in [1.29, 1.82) is 0 Å². The van der Waals surface area contributed by atoms with E-state index in [1.165, 1.54) is 12.1 Å². The topological polar surface area (TPSA) is 20.2 Å². The van der Waals surface area contributed by atoms with Crippen LogP contribution in [-0.4, -0.2) is 34.5 Å². The van der Waals surface area contributed by atoms with E-state index < -0.39 is 41.9 Å². The Morgan fingerprint density at radius 1 is 0.750 bits per heavy atom. The van der Waals surface area contributed by atoms with Crippen molar-refractivity contribution in [3.8, 4) is 0 Å². The third kappa shape index (κ3) is 2.19. The van der Waals surface area contributed by atoms with E-state index in [1.807, 2.05) is 0 Å². The maximum Gasteiger partial charge on any atom is 0.381 e. The van der Waals surface area contributed by atoms with Crippen molar-refractivity contribution in [2.45, 2.75) is 41.9 Å². The highest BCUT2D eigenvalue weighted by Gasteiger charge is 3.00. The summed E-state index contributed by atoms with van der Waals surface area (Å²) in [5.41, 5.74) is -6.01. The van der Waals surface area contributed by atoms with Crippen molar-refractivity contribution in [2.24, 2.45) is 0 Å². The van der Waals surface area contributed by atoms with Gasteiger partial charge in [-0.15, -0.1) is 0 Å². The number of rotatable bonds is 3. The third-order valence-corrected chi connectivity index (χ3v) is 4.63. The van der Waals surface area contributed by atoms with Crippen LogP contribution in [0.4, 0.5) is 39.5 Å². The lowest BCUT2D eigenvalue weighted by Gasteiger charge is -2.32. The van der Waals surface area contributed by atoms with Gasteiger partial charge in [0.25, 0.3) is 5.67 Å². The molecular weight excluding hydrogens is 470 g/mol. The molecule has 0 spiro atoms. The van der Waals surface area contributed by atoms with Gasteiger partial charge in [-0.05, 0) is 40.3 Å². The molecule has 0 radical (unpaired) electrons. The number of hydrogen-bond donors (Lipinski definition) is 1. The van der Waals surface area contributed by atoms with Gasteiger partial charge in [0.05, 0.1) is 6.10 Å². The van der Waals surface area contributed by atoms with Crippen LogP contribution < -0.4 is 0 Å². The van der Waals surface area contributed by atoms with Gasteiger partial charge in [-0.1, -0.05) is 12.1 Å². The molecule has 2 rings (SSSR count). The molecule has 0 aromatic heterocycles. The third-order valence-electron chi connectivity index (χ3n) is 3.91. The van der Waals surface area contributed by atoms with Crippen molar-refractivity contribution in [1.82, 2.24) is 0 Å². The average Bonchev–Trinajstić information content (AvgIpc) is 2.50. The predicted octanol–water partition coefficient (Wildman–Crippen LogP) is 4.98. The highest BCUT2D eigenvalue weighted by Crippen LogP contribution is 2.70. The van der Waals surface area contributed by atoms with Crippen LogP contribution in [0.3, 0.4) is 0 Å². The van der Waals surface area contributed by atoms with Crippen LogP contribution in [0.2, 0.25) is 0 Å². The molecule has 1 aromatic rings. The Morgan fingerprint density at radius 2 is 1.12 bits per heavy atom. The lowest BCUT2D eigenvalue weighted by molar-refractivity contribution is -0.303. The first-order valence-corrected chi connectivity index (χ1v) is 7.35. The molecule has 0 aliphatic heterocycles. The van der Waals surface area contributed by atoms with E-state index in [9.17, 15) is 44.6 Å². The van der Waals surface area contributed by atoms with Gasteiger partial charge < -0.3 is 5.11 Å². The maximum atomic E-state index is 14.3. The Balaban J connectivity index is 2.48. The van der Waals surface area contributed by atoms with E-state index in [2.05, 4.69) is 0 Å². The number of aliphatic hydroxyl groups excluding tert-OH is 1. The first kappa shape index (κ1) is 19.6. The van der Waals surface area contributed by atoms with Gasteiger partial charge in [0.2, 0.25) is 0 Å². The van der Waals surface area contributed by atoms with Crippen LogP contribution in [0.5, 0.6) is 0 Å². The fourth-order valence-electron chi connectivity index (χ4n) is 2.41. The molecular formula is C13H8F9IO. The monoisotopic (exact) mass is 478 g/mol. The number of alkyl halides is 9. The Morgan fingerprint density at radius 3 is 1.50 bits per heavy atom. The van der Waals surface area contributed by atoms with Crippen molar-refractivity contribution in [2.75, 3.05) is 0 Å². The molecule has 1 atom stereocenters. The Hall–Kier alpha value is -0.720. The summed E-state index contributed by atoms with van der Waals surface area (Å²) in [6.07, 6.45) is -4.76. The lowest BCUT2D eigenvalue weighted by atomic mass is 9.88. The Kier molecular flexibility index (Phi) is 4.40. The summed E-state index contributed by atoms with van der Waals surface area (Å²) in [4.78, 5) is 0. The standard InChI is InChI=1S/C13H8F9IO/c14-9(5-8(24)6-1-3-7(23)4-2-6)10(15,16)12(19,20)13(21,22)11(9,17)18/h1-4,8,24H,5H2. The van der Waals surface area contributed by atoms with Crippen molar-refractivity contribution in [3.05, 3.63) is 33.4 Å². The van der Waals surface area contributed by atoms with Gasteiger partial charge in [0.15, 0.2) is 0 Å². The summed E-state index contributed by atoms with van der Waals surface area (Å²) in [6, 6.07) is 4.66. The smallest absolute Gasteiger partial charge is 0.381 e. The second-order valence-corrected chi connectivity index (χ2v) is 6.62. The van der Waals surface area contributed by atoms with E-state index >= 15 is 0 Å². The summed E-state index contributed by atoms with van der Waals surface area (Å²) in [5.74, 6) is -26.0. The highest BCUT2D eigenvalue weighted by molar-refractivity contribution is 14.1. The second-order valence-electron chi connectivity index (χ2n) is 5.37. The summed E-state index contributed by atoms with van der Waals surface area (Å²) >= 11 is 1.80. The number of hydrogen-bond acceptors (Lipinski definition) is 1. The Bertz CT molecular complexity index is 603. The first-order chi connectivity index (χ1) is 10.6. The molecule has 11 heteroatoms.